The fraction of sp³-hybridized carbons (Fsp3) is 0.348. The fourth-order valence-corrected chi connectivity index (χ4v) is 3.62. The molecule has 7 nitrogen and oxygen atoms in total. The smallest absolute Gasteiger partial charge is 0.416 e. The van der Waals surface area contributed by atoms with E-state index in [9.17, 15) is 27.6 Å². The molecule has 1 heterocycles. The van der Waals surface area contributed by atoms with Crippen molar-refractivity contribution in [3.05, 3.63) is 71.3 Å². The molecular weight excluding hydrogens is 439 g/mol. The second-order valence-electron chi connectivity index (χ2n) is 7.75. The number of nitrogens with two attached hydrogens (primary N) is 1. The molecule has 0 aliphatic carbocycles. The predicted octanol–water partition coefficient (Wildman–Crippen LogP) is 3.02. The van der Waals surface area contributed by atoms with Crippen LogP contribution in [0, 0.1) is 0 Å². The minimum atomic E-state index is -4.48. The van der Waals surface area contributed by atoms with E-state index in [1.165, 1.54) is 17.0 Å². The summed E-state index contributed by atoms with van der Waals surface area (Å²) in [6.07, 6.45) is -4.23. The Morgan fingerprint density at radius 2 is 1.73 bits per heavy atom. The number of hydrogen-bond donors (Lipinski definition) is 2. The fourth-order valence-electron chi connectivity index (χ4n) is 3.62. The molecule has 0 radical (unpaired) electrons. The molecule has 1 aliphatic rings. The Balaban J connectivity index is 1.60. The maximum absolute atomic E-state index is 12.8. The van der Waals surface area contributed by atoms with E-state index in [4.69, 9.17) is 10.5 Å². The number of likely N-dealkylation sites (tertiary alicyclic amines) is 1. The highest BCUT2D eigenvalue weighted by Gasteiger charge is 2.36. The van der Waals surface area contributed by atoms with Crippen molar-refractivity contribution >= 4 is 17.9 Å². The lowest BCUT2D eigenvalue weighted by Gasteiger charge is -2.25. The summed E-state index contributed by atoms with van der Waals surface area (Å²) in [7, 11) is 0. The normalized spacial score (nSPS) is 16.8. The van der Waals surface area contributed by atoms with Gasteiger partial charge in [-0.05, 0) is 36.1 Å². The molecule has 0 spiro atoms. The molecule has 3 amide bonds. The molecule has 3 N–H and O–H groups in total. The van der Waals surface area contributed by atoms with Crippen LogP contribution < -0.4 is 11.1 Å². The molecule has 0 saturated carbocycles. The summed E-state index contributed by atoms with van der Waals surface area (Å²) in [4.78, 5) is 38.5. The molecular formula is C23H24F3N3O4. The largest absolute Gasteiger partial charge is 0.445 e. The van der Waals surface area contributed by atoms with Crippen LogP contribution >= 0.6 is 0 Å². The van der Waals surface area contributed by atoms with E-state index in [-0.39, 0.29) is 13.0 Å². The summed E-state index contributed by atoms with van der Waals surface area (Å²) < 4.78 is 43.5. The van der Waals surface area contributed by atoms with Gasteiger partial charge in [-0.25, -0.2) is 4.79 Å². The van der Waals surface area contributed by atoms with Gasteiger partial charge in [-0.3, -0.25) is 14.5 Å². The Labute approximate surface area is 188 Å². The average molecular weight is 463 g/mol. The van der Waals surface area contributed by atoms with Crippen LogP contribution in [0.1, 0.15) is 29.5 Å². The molecule has 0 unspecified atom stereocenters. The summed E-state index contributed by atoms with van der Waals surface area (Å²) in [6, 6.07) is 11.4. The molecule has 0 bridgehead atoms. The molecule has 1 aliphatic heterocycles. The number of nitrogens with one attached hydrogen (secondary N) is 1. The number of rotatable bonds is 7. The van der Waals surface area contributed by atoms with Gasteiger partial charge in [0.1, 0.15) is 18.7 Å². The van der Waals surface area contributed by atoms with Gasteiger partial charge in [0.25, 0.3) is 0 Å². The van der Waals surface area contributed by atoms with E-state index in [0.29, 0.717) is 24.9 Å². The molecule has 176 valence electrons. The first-order valence-electron chi connectivity index (χ1n) is 10.4. The zero-order chi connectivity index (χ0) is 24.0. The van der Waals surface area contributed by atoms with Crippen LogP contribution in [-0.2, 0) is 33.5 Å². The number of benzene rings is 2. The van der Waals surface area contributed by atoms with Gasteiger partial charge >= 0.3 is 12.3 Å². The third-order valence-corrected chi connectivity index (χ3v) is 5.38. The van der Waals surface area contributed by atoms with Gasteiger partial charge in [-0.15, -0.1) is 0 Å². The van der Waals surface area contributed by atoms with Crippen molar-refractivity contribution < 1.29 is 32.3 Å². The van der Waals surface area contributed by atoms with Gasteiger partial charge in [0.05, 0.1) is 5.56 Å². The highest BCUT2D eigenvalue weighted by Crippen LogP contribution is 2.29. The van der Waals surface area contributed by atoms with Crippen molar-refractivity contribution in [3.63, 3.8) is 0 Å². The molecule has 0 aromatic heterocycles. The Bertz CT molecular complexity index is 981. The molecule has 2 atom stereocenters. The van der Waals surface area contributed by atoms with Crippen LogP contribution in [0.5, 0.6) is 0 Å². The van der Waals surface area contributed by atoms with E-state index in [0.717, 1.165) is 17.7 Å². The summed E-state index contributed by atoms with van der Waals surface area (Å²) in [5, 5.41) is 2.53. The van der Waals surface area contributed by atoms with E-state index in [1.807, 2.05) is 18.2 Å². The lowest BCUT2D eigenvalue weighted by molar-refractivity contribution is -0.137. The molecule has 2 aromatic carbocycles. The third kappa shape index (κ3) is 6.47. The van der Waals surface area contributed by atoms with Gasteiger partial charge in [0.15, 0.2) is 0 Å². The van der Waals surface area contributed by atoms with Crippen molar-refractivity contribution in [2.24, 2.45) is 5.73 Å². The average Bonchev–Trinajstić information content (AvgIpc) is 3.27. The van der Waals surface area contributed by atoms with Crippen LogP contribution in [0.15, 0.2) is 54.6 Å². The van der Waals surface area contributed by atoms with Crippen LogP contribution in [0.25, 0.3) is 0 Å². The summed E-state index contributed by atoms with van der Waals surface area (Å²) in [5.41, 5.74) is 5.78. The van der Waals surface area contributed by atoms with Gasteiger partial charge in [-0.2, -0.15) is 13.2 Å². The van der Waals surface area contributed by atoms with Crippen LogP contribution in [0.2, 0.25) is 0 Å². The van der Waals surface area contributed by atoms with Crippen molar-refractivity contribution in [1.82, 2.24) is 10.2 Å². The Morgan fingerprint density at radius 1 is 1.06 bits per heavy atom. The second-order valence-corrected chi connectivity index (χ2v) is 7.75. The minimum absolute atomic E-state index is 0.0579. The monoisotopic (exact) mass is 463 g/mol. The van der Waals surface area contributed by atoms with E-state index >= 15 is 0 Å². The third-order valence-electron chi connectivity index (χ3n) is 5.38. The number of nitrogens with zero attached hydrogens (tertiary/aromatic N) is 1. The van der Waals surface area contributed by atoms with Crippen LogP contribution in [0.4, 0.5) is 18.0 Å². The first kappa shape index (κ1) is 24.1. The summed E-state index contributed by atoms with van der Waals surface area (Å²) in [6.45, 7) is 0.383. The zero-order valence-electron chi connectivity index (χ0n) is 17.7. The van der Waals surface area contributed by atoms with Crippen molar-refractivity contribution in [2.45, 2.75) is 44.1 Å². The molecule has 2 aromatic rings. The number of alkyl halides is 3. The van der Waals surface area contributed by atoms with Gasteiger partial charge < -0.3 is 15.8 Å². The molecule has 10 heteroatoms. The molecule has 1 fully saturated rings. The SMILES string of the molecule is NC(=O)[C@H](Cc1ccc(C(F)(F)F)cc1)NC(=O)[C@H]1CCCN1C(=O)OCc1ccccc1. The number of primary amides is 1. The van der Waals surface area contributed by atoms with Crippen molar-refractivity contribution in [3.8, 4) is 0 Å². The molecule has 33 heavy (non-hydrogen) atoms. The van der Waals surface area contributed by atoms with E-state index in [1.54, 1.807) is 12.1 Å². The van der Waals surface area contributed by atoms with E-state index in [2.05, 4.69) is 5.32 Å². The number of halogens is 3. The maximum Gasteiger partial charge on any atom is 0.416 e. The summed E-state index contributed by atoms with van der Waals surface area (Å²) in [5.74, 6) is -1.40. The van der Waals surface area contributed by atoms with Crippen molar-refractivity contribution in [1.29, 1.82) is 0 Å². The number of carbonyl (C=O) groups excluding carboxylic acids is 3. The number of amides is 3. The van der Waals surface area contributed by atoms with Gasteiger partial charge in [0.2, 0.25) is 11.8 Å². The van der Waals surface area contributed by atoms with Crippen molar-refractivity contribution in [2.75, 3.05) is 6.54 Å². The van der Waals surface area contributed by atoms with Gasteiger partial charge in [0, 0.05) is 13.0 Å². The maximum atomic E-state index is 12.8. The second kappa shape index (κ2) is 10.4. The Hall–Kier alpha value is -3.56. The summed E-state index contributed by atoms with van der Waals surface area (Å²) >= 11 is 0. The van der Waals surface area contributed by atoms with E-state index < -0.39 is 41.7 Å². The minimum Gasteiger partial charge on any atom is -0.445 e. The number of ether oxygens (including phenoxy) is 1. The lowest BCUT2D eigenvalue weighted by Crippen LogP contribution is -2.53. The Kier molecular flexibility index (Phi) is 7.57. The molecule has 3 rings (SSSR count). The first-order chi connectivity index (χ1) is 15.6. The Morgan fingerprint density at radius 3 is 2.33 bits per heavy atom. The highest BCUT2D eigenvalue weighted by molar-refractivity contribution is 5.91. The standard InChI is InChI=1S/C23H24F3N3O4/c24-23(25,26)17-10-8-15(9-11-17)13-18(20(27)30)28-21(31)19-7-4-12-29(19)22(32)33-14-16-5-2-1-3-6-16/h1-3,5-6,8-11,18-19H,4,7,12-14H2,(H2,27,30)(H,28,31)/t18-,19+/m0/s1. The number of hydrogen-bond acceptors (Lipinski definition) is 4. The van der Waals surface area contributed by atoms with Crippen LogP contribution in [0.3, 0.4) is 0 Å². The quantitative estimate of drug-likeness (QED) is 0.659. The lowest BCUT2D eigenvalue weighted by atomic mass is 10.0. The number of carbonyl (C=O) groups is 3. The molecule has 1 saturated heterocycles. The zero-order valence-corrected chi connectivity index (χ0v) is 17.7. The first-order valence-corrected chi connectivity index (χ1v) is 10.4. The van der Waals surface area contributed by atoms with Gasteiger partial charge in [-0.1, -0.05) is 42.5 Å². The predicted molar refractivity (Wildman–Crippen MR) is 113 cm³/mol. The topological polar surface area (TPSA) is 102 Å². The highest BCUT2D eigenvalue weighted by atomic mass is 19.4. The van der Waals surface area contributed by atoms with Crippen LogP contribution in [-0.4, -0.2) is 41.4 Å².